The molecule has 0 saturated heterocycles. The molecule has 1 amide bonds. The number of carbonyl (C=O) groups excluding carboxylic acids is 1. The molecule has 0 spiro atoms. The third-order valence-electron chi connectivity index (χ3n) is 3.37. The first-order valence-corrected chi connectivity index (χ1v) is 7.20. The van der Waals surface area contributed by atoms with Crippen LogP contribution in [0.5, 0.6) is 0 Å². The number of nitrogens with two attached hydrogens (primary N) is 1. The smallest absolute Gasteiger partial charge is 0.259 e. The van der Waals surface area contributed by atoms with Crippen molar-refractivity contribution in [3.8, 4) is 0 Å². The highest BCUT2D eigenvalue weighted by atomic mass is 127. The number of amides is 1. The van der Waals surface area contributed by atoms with E-state index in [0.29, 0.717) is 12.2 Å². The molecule has 3 rings (SSSR count). The van der Waals surface area contributed by atoms with Crippen LogP contribution in [0.15, 0.2) is 42.5 Å². The quantitative estimate of drug-likeness (QED) is 0.625. The molecular weight excluding hydrogens is 351 g/mol. The lowest BCUT2D eigenvalue weighted by molar-refractivity contribution is 0.0988. The Labute approximate surface area is 125 Å². The number of carbonyl (C=O) groups is 1. The third kappa shape index (κ3) is 2.10. The highest BCUT2D eigenvalue weighted by Gasteiger charge is 2.28. The standard InChI is InChI=1S/C15H13IN2O/c16-12-6-2-1-5-11(12)15(19)18-9-8-10-4-3-7-13(17)14(10)18/h1-7H,8-9,17H2. The van der Waals surface area contributed by atoms with Gasteiger partial charge in [0.25, 0.3) is 5.91 Å². The number of para-hydroxylation sites is 1. The van der Waals surface area contributed by atoms with Crippen LogP contribution in [0.25, 0.3) is 0 Å². The molecule has 0 saturated carbocycles. The van der Waals surface area contributed by atoms with Gasteiger partial charge in [-0.15, -0.1) is 0 Å². The first kappa shape index (κ1) is 12.5. The van der Waals surface area contributed by atoms with Crippen LogP contribution >= 0.6 is 22.6 Å². The molecule has 4 heteroatoms. The minimum Gasteiger partial charge on any atom is -0.397 e. The second kappa shape index (κ2) is 4.85. The molecule has 0 aliphatic carbocycles. The fourth-order valence-electron chi connectivity index (χ4n) is 2.47. The molecule has 2 N–H and O–H groups in total. The minimum atomic E-state index is 0.0293. The fraction of sp³-hybridized carbons (Fsp3) is 0.133. The minimum absolute atomic E-state index is 0.0293. The van der Waals surface area contributed by atoms with Crippen LogP contribution in [0.3, 0.4) is 0 Å². The van der Waals surface area contributed by atoms with Gasteiger partial charge in [-0.25, -0.2) is 0 Å². The molecule has 19 heavy (non-hydrogen) atoms. The number of fused-ring (bicyclic) bond motifs is 1. The molecular formula is C15H13IN2O. The first-order valence-electron chi connectivity index (χ1n) is 6.12. The Hall–Kier alpha value is -1.56. The van der Waals surface area contributed by atoms with Crippen molar-refractivity contribution < 1.29 is 4.79 Å². The Balaban J connectivity index is 2.03. The number of rotatable bonds is 1. The molecule has 0 unspecified atom stereocenters. The summed E-state index contributed by atoms with van der Waals surface area (Å²) in [5.74, 6) is 0.0293. The lowest BCUT2D eigenvalue weighted by atomic mass is 10.1. The van der Waals surface area contributed by atoms with Gasteiger partial charge in [0.1, 0.15) is 0 Å². The van der Waals surface area contributed by atoms with E-state index in [1.165, 1.54) is 0 Å². The number of halogens is 1. The average Bonchev–Trinajstić information content (AvgIpc) is 2.84. The molecule has 1 aliphatic heterocycles. The van der Waals surface area contributed by atoms with Crippen LogP contribution in [0.1, 0.15) is 15.9 Å². The topological polar surface area (TPSA) is 46.3 Å². The summed E-state index contributed by atoms with van der Waals surface area (Å²) in [6.45, 7) is 0.702. The molecule has 0 bridgehead atoms. The summed E-state index contributed by atoms with van der Waals surface area (Å²) < 4.78 is 0.966. The van der Waals surface area contributed by atoms with Crippen LogP contribution in [0.4, 0.5) is 11.4 Å². The Bertz CT molecular complexity index is 654. The first-order chi connectivity index (χ1) is 9.18. The molecule has 1 aliphatic rings. The Morgan fingerprint density at radius 2 is 1.95 bits per heavy atom. The number of nitrogens with zero attached hydrogens (tertiary/aromatic N) is 1. The summed E-state index contributed by atoms with van der Waals surface area (Å²) in [5.41, 5.74) is 9.46. The monoisotopic (exact) mass is 364 g/mol. The summed E-state index contributed by atoms with van der Waals surface area (Å²) in [7, 11) is 0. The van der Waals surface area contributed by atoms with Crippen molar-refractivity contribution >= 4 is 39.9 Å². The zero-order valence-electron chi connectivity index (χ0n) is 10.3. The van der Waals surface area contributed by atoms with Crippen molar-refractivity contribution in [3.05, 3.63) is 57.2 Å². The Morgan fingerprint density at radius 1 is 1.16 bits per heavy atom. The van der Waals surface area contributed by atoms with Crippen LogP contribution < -0.4 is 10.6 Å². The molecule has 96 valence electrons. The van der Waals surface area contributed by atoms with E-state index in [2.05, 4.69) is 22.6 Å². The largest absolute Gasteiger partial charge is 0.397 e. The van der Waals surface area contributed by atoms with Gasteiger partial charge in [-0.1, -0.05) is 24.3 Å². The third-order valence-corrected chi connectivity index (χ3v) is 4.32. The summed E-state index contributed by atoms with van der Waals surface area (Å²) in [5, 5.41) is 0. The van der Waals surface area contributed by atoms with E-state index in [-0.39, 0.29) is 5.91 Å². The van der Waals surface area contributed by atoms with Crippen molar-refractivity contribution in [2.24, 2.45) is 0 Å². The maximum Gasteiger partial charge on any atom is 0.259 e. The summed E-state index contributed by atoms with van der Waals surface area (Å²) in [4.78, 5) is 14.4. The number of benzene rings is 2. The molecule has 0 aromatic heterocycles. The fourth-order valence-corrected chi connectivity index (χ4v) is 3.09. The molecule has 2 aromatic carbocycles. The molecule has 0 fully saturated rings. The van der Waals surface area contributed by atoms with E-state index in [0.717, 1.165) is 26.8 Å². The summed E-state index contributed by atoms with van der Waals surface area (Å²) >= 11 is 2.19. The predicted octanol–water partition coefficient (Wildman–Crippen LogP) is 3.08. The van der Waals surface area contributed by atoms with E-state index in [4.69, 9.17) is 5.73 Å². The van der Waals surface area contributed by atoms with Gasteiger partial charge in [-0.2, -0.15) is 0 Å². The maximum absolute atomic E-state index is 12.6. The van der Waals surface area contributed by atoms with Gasteiger partial charge < -0.3 is 10.6 Å². The SMILES string of the molecule is Nc1cccc2c1N(C(=O)c1ccccc1I)CC2. The number of nitrogen functional groups attached to an aromatic ring is 1. The number of hydrogen-bond donors (Lipinski definition) is 1. The van der Waals surface area contributed by atoms with E-state index in [9.17, 15) is 4.79 Å². The molecule has 1 heterocycles. The van der Waals surface area contributed by atoms with Crippen LogP contribution in [0, 0.1) is 3.57 Å². The van der Waals surface area contributed by atoms with E-state index in [1.54, 1.807) is 4.90 Å². The lowest BCUT2D eigenvalue weighted by Crippen LogP contribution is -2.30. The zero-order chi connectivity index (χ0) is 13.4. The van der Waals surface area contributed by atoms with Crippen LogP contribution in [0.2, 0.25) is 0 Å². The van der Waals surface area contributed by atoms with E-state index < -0.39 is 0 Å². The van der Waals surface area contributed by atoms with Crippen molar-refractivity contribution in [1.29, 1.82) is 0 Å². The molecule has 0 atom stereocenters. The second-order valence-corrected chi connectivity index (χ2v) is 5.70. The Kier molecular flexibility index (Phi) is 3.18. The normalized spacial score (nSPS) is 13.4. The van der Waals surface area contributed by atoms with Crippen molar-refractivity contribution in [3.63, 3.8) is 0 Å². The highest BCUT2D eigenvalue weighted by molar-refractivity contribution is 14.1. The van der Waals surface area contributed by atoms with Crippen molar-refractivity contribution in [2.45, 2.75) is 6.42 Å². The van der Waals surface area contributed by atoms with Crippen LogP contribution in [-0.2, 0) is 6.42 Å². The lowest BCUT2D eigenvalue weighted by Gasteiger charge is -2.19. The molecule has 0 radical (unpaired) electrons. The van der Waals surface area contributed by atoms with Gasteiger partial charge in [0.15, 0.2) is 0 Å². The highest BCUT2D eigenvalue weighted by Crippen LogP contribution is 2.34. The van der Waals surface area contributed by atoms with Crippen LogP contribution in [-0.4, -0.2) is 12.5 Å². The van der Waals surface area contributed by atoms with Gasteiger partial charge in [-0.05, 0) is 52.8 Å². The maximum atomic E-state index is 12.6. The van der Waals surface area contributed by atoms with Gasteiger partial charge in [0.05, 0.1) is 16.9 Å². The molecule has 2 aromatic rings. The van der Waals surface area contributed by atoms with Gasteiger partial charge >= 0.3 is 0 Å². The number of hydrogen-bond acceptors (Lipinski definition) is 2. The predicted molar refractivity (Wildman–Crippen MR) is 85.4 cm³/mol. The summed E-state index contributed by atoms with van der Waals surface area (Å²) in [6.07, 6.45) is 0.871. The second-order valence-electron chi connectivity index (χ2n) is 4.54. The zero-order valence-corrected chi connectivity index (χ0v) is 12.4. The van der Waals surface area contributed by atoms with Gasteiger partial charge in [-0.3, -0.25) is 4.79 Å². The number of anilines is 2. The average molecular weight is 364 g/mol. The van der Waals surface area contributed by atoms with E-state index in [1.807, 2.05) is 42.5 Å². The van der Waals surface area contributed by atoms with Gasteiger partial charge in [0.2, 0.25) is 0 Å². The van der Waals surface area contributed by atoms with E-state index >= 15 is 0 Å². The van der Waals surface area contributed by atoms with Crippen molar-refractivity contribution in [2.75, 3.05) is 17.2 Å². The molecule has 3 nitrogen and oxygen atoms in total. The van der Waals surface area contributed by atoms with Crippen molar-refractivity contribution in [1.82, 2.24) is 0 Å². The van der Waals surface area contributed by atoms with Gasteiger partial charge in [0, 0.05) is 10.1 Å². The summed E-state index contributed by atoms with van der Waals surface area (Å²) in [6, 6.07) is 13.5. The Morgan fingerprint density at radius 3 is 2.74 bits per heavy atom.